The van der Waals surface area contributed by atoms with Gasteiger partial charge in [-0.25, -0.2) is 0 Å². The van der Waals surface area contributed by atoms with Crippen molar-refractivity contribution in [2.45, 2.75) is 63.7 Å². The average Bonchev–Trinajstić information content (AvgIpc) is 2.61. The maximum atomic E-state index is 11.3. The van der Waals surface area contributed by atoms with Crippen LogP contribution in [0.4, 0.5) is 0 Å². The summed E-state index contributed by atoms with van der Waals surface area (Å²) in [6.07, 6.45) is 8.23. The van der Waals surface area contributed by atoms with Gasteiger partial charge in [0.15, 0.2) is 0 Å². The van der Waals surface area contributed by atoms with E-state index < -0.39 is 6.10 Å². The molecule has 0 radical (unpaired) electrons. The van der Waals surface area contributed by atoms with E-state index in [1.54, 1.807) is 0 Å². The molecule has 3 heteroatoms. The number of fused-ring (bicyclic) bond motifs is 1. The van der Waals surface area contributed by atoms with Crippen LogP contribution in [0, 0.1) is 39.9 Å². The summed E-state index contributed by atoms with van der Waals surface area (Å²) in [6, 6.07) is 0.343. The Labute approximate surface area is 137 Å². The molecular weight excluding hydrogens is 286 g/mol. The highest BCUT2D eigenvalue weighted by molar-refractivity contribution is 5.69. The van der Waals surface area contributed by atoms with Crippen molar-refractivity contribution < 1.29 is 10.2 Å². The van der Waals surface area contributed by atoms with Gasteiger partial charge in [0.2, 0.25) is 0 Å². The predicted octanol–water partition coefficient (Wildman–Crippen LogP) is 2.57. The molecule has 7 rings (SSSR count). The smallest absolute Gasteiger partial charge is 0.0837 e. The fourth-order valence-electron chi connectivity index (χ4n) is 9.00. The van der Waals surface area contributed by atoms with Crippen molar-refractivity contribution in [3.8, 4) is 0 Å². The topological polar surface area (TPSA) is 52.8 Å². The second-order valence-electron chi connectivity index (χ2n) is 9.80. The van der Waals surface area contributed by atoms with E-state index in [1.165, 1.54) is 19.3 Å². The van der Waals surface area contributed by atoms with Crippen LogP contribution in [-0.2, 0) is 0 Å². The lowest BCUT2D eigenvalue weighted by molar-refractivity contribution is -0.218. The summed E-state index contributed by atoms with van der Waals surface area (Å²) in [6.45, 7) is 6.60. The van der Waals surface area contributed by atoms with Crippen molar-refractivity contribution in [3.05, 3.63) is 12.2 Å². The zero-order valence-electron chi connectivity index (χ0n) is 13.9. The van der Waals surface area contributed by atoms with Crippen molar-refractivity contribution in [3.63, 3.8) is 0 Å². The molecule has 0 aromatic heterocycles. The maximum Gasteiger partial charge on any atom is 0.0837 e. The minimum Gasteiger partial charge on any atom is -0.392 e. The van der Waals surface area contributed by atoms with Gasteiger partial charge in [-0.1, -0.05) is 19.9 Å². The molecule has 7 aliphatic rings. The van der Waals surface area contributed by atoms with Crippen LogP contribution in [0.2, 0.25) is 0 Å². The number of nitrogens with zero attached hydrogens (tertiary/aromatic N) is 1. The minimum absolute atomic E-state index is 0.163. The quantitative estimate of drug-likeness (QED) is 0.675. The fourth-order valence-corrected chi connectivity index (χ4v) is 9.00. The van der Waals surface area contributed by atoms with Gasteiger partial charge in [-0.2, -0.15) is 0 Å². The van der Waals surface area contributed by atoms with Crippen molar-refractivity contribution in [1.82, 2.24) is 0 Å². The highest BCUT2D eigenvalue weighted by Crippen LogP contribution is 2.81. The van der Waals surface area contributed by atoms with E-state index in [-0.39, 0.29) is 22.3 Å². The molecule has 0 unspecified atom stereocenters. The molecule has 6 aliphatic carbocycles. The number of hydrogen-bond acceptors (Lipinski definition) is 3. The second-order valence-corrected chi connectivity index (χ2v) is 9.80. The lowest BCUT2D eigenvalue weighted by Gasteiger charge is -2.66. The maximum absolute atomic E-state index is 11.3. The lowest BCUT2D eigenvalue weighted by Crippen LogP contribution is -2.67. The average molecular weight is 313 g/mol. The van der Waals surface area contributed by atoms with Crippen LogP contribution in [0.3, 0.4) is 0 Å². The summed E-state index contributed by atoms with van der Waals surface area (Å²) in [5.41, 5.74) is 1.08. The summed E-state index contributed by atoms with van der Waals surface area (Å²) >= 11 is 0. The van der Waals surface area contributed by atoms with Crippen LogP contribution in [0.1, 0.15) is 45.4 Å². The molecule has 23 heavy (non-hydrogen) atoms. The van der Waals surface area contributed by atoms with E-state index in [4.69, 9.17) is 4.99 Å². The van der Waals surface area contributed by atoms with E-state index in [1.807, 2.05) is 0 Å². The van der Waals surface area contributed by atoms with Crippen LogP contribution < -0.4 is 0 Å². The Hall–Kier alpha value is -0.670. The molecule has 6 fully saturated rings. The summed E-state index contributed by atoms with van der Waals surface area (Å²) in [4.78, 5) is 5.15. The largest absolute Gasteiger partial charge is 0.392 e. The molecule has 1 aliphatic heterocycles. The van der Waals surface area contributed by atoms with Gasteiger partial charge in [0.1, 0.15) is 0 Å². The van der Waals surface area contributed by atoms with Gasteiger partial charge >= 0.3 is 0 Å². The third-order valence-corrected chi connectivity index (χ3v) is 9.57. The summed E-state index contributed by atoms with van der Waals surface area (Å²) < 4.78 is 0. The van der Waals surface area contributed by atoms with Gasteiger partial charge in [-0.3, -0.25) is 4.99 Å². The Kier molecular flexibility index (Phi) is 2.14. The summed E-state index contributed by atoms with van der Waals surface area (Å²) in [5.74, 6) is 1.83. The Balaban J connectivity index is 1.66. The van der Waals surface area contributed by atoms with Crippen LogP contribution in [0.15, 0.2) is 17.1 Å². The van der Waals surface area contributed by atoms with E-state index in [2.05, 4.69) is 19.7 Å². The first-order valence-electron chi connectivity index (χ1n) is 9.55. The molecule has 10 atom stereocenters. The van der Waals surface area contributed by atoms with Gasteiger partial charge in [-0.05, 0) is 61.3 Å². The second kappa shape index (κ2) is 3.62. The van der Waals surface area contributed by atoms with Crippen LogP contribution >= 0.6 is 0 Å². The molecule has 1 heterocycles. The van der Waals surface area contributed by atoms with Crippen molar-refractivity contribution in [1.29, 1.82) is 0 Å². The van der Waals surface area contributed by atoms with Gasteiger partial charge in [0.05, 0.1) is 18.2 Å². The molecule has 6 bridgehead atoms. The third-order valence-electron chi connectivity index (χ3n) is 9.57. The van der Waals surface area contributed by atoms with Gasteiger partial charge in [0, 0.05) is 22.5 Å². The number of aliphatic hydroxyl groups excluding tert-OH is 2. The molecule has 0 saturated heterocycles. The monoisotopic (exact) mass is 313 g/mol. The summed E-state index contributed by atoms with van der Waals surface area (Å²) in [5, 5.41) is 22.5. The predicted molar refractivity (Wildman–Crippen MR) is 88.1 cm³/mol. The highest BCUT2D eigenvalue weighted by Gasteiger charge is 2.82. The third kappa shape index (κ3) is 1.09. The zero-order valence-corrected chi connectivity index (χ0v) is 13.9. The Morgan fingerprint density at radius 1 is 1.17 bits per heavy atom. The molecular formula is C20H27NO2. The highest BCUT2D eigenvalue weighted by atomic mass is 16.3. The van der Waals surface area contributed by atoms with E-state index in [9.17, 15) is 10.2 Å². The Morgan fingerprint density at radius 2 is 2.00 bits per heavy atom. The van der Waals surface area contributed by atoms with Gasteiger partial charge < -0.3 is 10.2 Å². The molecule has 2 N–H and O–H groups in total. The summed E-state index contributed by atoms with van der Waals surface area (Å²) in [7, 11) is 0. The fraction of sp³-hybridized carbons (Fsp3) is 0.850. The number of aliphatic hydroxyl groups is 2. The molecule has 124 valence electrons. The van der Waals surface area contributed by atoms with Crippen LogP contribution in [0.5, 0.6) is 0 Å². The first-order chi connectivity index (χ1) is 11.0. The van der Waals surface area contributed by atoms with Crippen molar-refractivity contribution in [2.75, 3.05) is 0 Å². The van der Waals surface area contributed by atoms with Crippen molar-refractivity contribution >= 4 is 6.21 Å². The molecule has 0 aromatic carbocycles. The van der Waals surface area contributed by atoms with Gasteiger partial charge in [-0.15, -0.1) is 0 Å². The SMILES string of the molecule is C=C1[C@H]2C[C@@H]3[C@H]4N=C[C@]5(C)CCC[C@]46[C@H](C2)[C@]3([C@H](O)C[C@@H]65)[C@@H]1O. The molecule has 6 saturated carbocycles. The molecule has 2 spiro atoms. The van der Waals surface area contributed by atoms with Crippen LogP contribution in [-0.4, -0.2) is 34.7 Å². The minimum atomic E-state index is -0.510. The van der Waals surface area contributed by atoms with Gasteiger partial charge in [0.25, 0.3) is 0 Å². The molecule has 0 aromatic rings. The van der Waals surface area contributed by atoms with Crippen molar-refractivity contribution in [2.24, 2.45) is 44.9 Å². The molecule has 3 nitrogen and oxygen atoms in total. The van der Waals surface area contributed by atoms with E-state index >= 15 is 0 Å². The zero-order chi connectivity index (χ0) is 15.8. The van der Waals surface area contributed by atoms with E-state index in [0.29, 0.717) is 29.7 Å². The first kappa shape index (κ1) is 13.6. The number of hydrogen-bond donors (Lipinski definition) is 2. The number of rotatable bonds is 0. The van der Waals surface area contributed by atoms with Crippen LogP contribution in [0.25, 0.3) is 0 Å². The first-order valence-corrected chi connectivity index (χ1v) is 9.55. The Bertz CT molecular complexity index is 658. The standard InChI is InChI=1S/C20H27NO2/c1-10-11-6-12-16-19-5-3-4-18(2,9-21-16)13(19)8-15(22)20(12,17(10)23)14(19)7-11/h9,11-17,22-23H,1,3-8H2,2H3/t11-,12+,13+,14-,15+,16+,17+,18-,19-,20+/m0/s1. The lowest BCUT2D eigenvalue weighted by atomic mass is 9.39. The molecule has 0 amide bonds. The van der Waals surface area contributed by atoms with E-state index in [0.717, 1.165) is 24.8 Å². The normalized spacial score (nSPS) is 67.6. The number of aliphatic imine (C=N–C) groups is 1. The Morgan fingerprint density at radius 3 is 2.83 bits per heavy atom.